The number of nitrogens with one attached hydrogen (secondary N) is 1. The summed E-state index contributed by atoms with van der Waals surface area (Å²) in [4.78, 5) is 12.1. The van der Waals surface area contributed by atoms with Gasteiger partial charge in [0.1, 0.15) is 0 Å². The molecule has 98 valence electrons. The fourth-order valence-electron chi connectivity index (χ4n) is 2.03. The van der Waals surface area contributed by atoms with Crippen molar-refractivity contribution in [2.24, 2.45) is 0 Å². The van der Waals surface area contributed by atoms with Crippen LogP contribution in [-0.4, -0.2) is 29.2 Å². The first-order valence-corrected chi connectivity index (χ1v) is 7.16. The molecule has 1 aromatic rings. The van der Waals surface area contributed by atoms with Crippen LogP contribution in [0, 0.1) is 13.8 Å². The number of aryl methyl sites for hydroxylation is 2. The molecule has 18 heavy (non-hydrogen) atoms. The Morgan fingerprint density at radius 2 is 2.17 bits per heavy atom. The summed E-state index contributed by atoms with van der Waals surface area (Å²) in [5.41, 5.74) is 3.14. The minimum Gasteiger partial charge on any atom is -0.339 e. The summed E-state index contributed by atoms with van der Waals surface area (Å²) in [6.45, 7) is 5.19. The molecule has 1 fully saturated rings. The van der Waals surface area contributed by atoms with Crippen molar-refractivity contribution in [2.75, 3.05) is 13.6 Å². The normalized spacial score (nSPS) is 20.7. The molecule has 0 aliphatic carbocycles. The molecule has 3 nitrogen and oxygen atoms in total. The zero-order valence-corrected chi connectivity index (χ0v) is 12.0. The Morgan fingerprint density at radius 1 is 1.39 bits per heavy atom. The van der Waals surface area contributed by atoms with Gasteiger partial charge >= 0.3 is 0 Å². The van der Waals surface area contributed by atoms with Gasteiger partial charge in [0.2, 0.25) is 0 Å². The lowest BCUT2D eigenvalue weighted by Crippen LogP contribution is -2.38. The number of hydrogen-bond acceptors (Lipinski definition) is 3. The van der Waals surface area contributed by atoms with Gasteiger partial charge in [0.05, 0.1) is 5.37 Å². The van der Waals surface area contributed by atoms with Crippen molar-refractivity contribution in [3.05, 3.63) is 34.9 Å². The second kappa shape index (κ2) is 5.76. The molecule has 1 N–H and O–H groups in total. The molecule has 0 spiro atoms. The lowest BCUT2D eigenvalue weighted by atomic mass is 10.1. The molecular formula is C14H20N2OS. The van der Waals surface area contributed by atoms with Gasteiger partial charge in [-0.05, 0) is 57.0 Å². The van der Waals surface area contributed by atoms with Gasteiger partial charge in [-0.2, -0.15) is 0 Å². The van der Waals surface area contributed by atoms with E-state index >= 15 is 0 Å². The minimum absolute atomic E-state index is 0.0332. The zero-order chi connectivity index (χ0) is 13.1. The highest BCUT2D eigenvalue weighted by molar-refractivity contribution is 7.97. The van der Waals surface area contributed by atoms with Gasteiger partial charge in [-0.1, -0.05) is 18.0 Å². The van der Waals surface area contributed by atoms with E-state index in [1.807, 2.05) is 25.1 Å². The highest BCUT2D eigenvalue weighted by Gasteiger charge is 2.20. The minimum atomic E-state index is 0.0332. The third-order valence-corrected chi connectivity index (χ3v) is 4.46. The maximum Gasteiger partial charge on any atom is 0.252 e. The van der Waals surface area contributed by atoms with Crippen LogP contribution in [0.5, 0.6) is 0 Å². The smallest absolute Gasteiger partial charge is 0.252 e. The van der Waals surface area contributed by atoms with Crippen LogP contribution in [0.2, 0.25) is 0 Å². The number of nitrogens with zero attached hydrogens (tertiary/aromatic N) is 1. The predicted molar refractivity (Wildman–Crippen MR) is 76.6 cm³/mol. The van der Waals surface area contributed by atoms with Crippen LogP contribution < -0.4 is 5.32 Å². The predicted octanol–water partition coefficient (Wildman–Crippen LogP) is 2.73. The Bertz CT molecular complexity index is 447. The first-order chi connectivity index (χ1) is 8.56. The molecule has 0 saturated carbocycles. The number of benzene rings is 1. The highest BCUT2D eigenvalue weighted by Crippen LogP contribution is 2.24. The zero-order valence-electron chi connectivity index (χ0n) is 11.2. The van der Waals surface area contributed by atoms with Crippen LogP contribution in [-0.2, 0) is 0 Å². The average Bonchev–Trinajstić information content (AvgIpc) is 2.32. The van der Waals surface area contributed by atoms with Crippen molar-refractivity contribution in [3.8, 4) is 0 Å². The largest absolute Gasteiger partial charge is 0.339 e. The molecule has 4 heteroatoms. The van der Waals surface area contributed by atoms with Gasteiger partial charge in [0, 0.05) is 12.1 Å². The van der Waals surface area contributed by atoms with Crippen molar-refractivity contribution in [2.45, 2.75) is 32.1 Å². The highest BCUT2D eigenvalue weighted by atomic mass is 32.2. The van der Waals surface area contributed by atoms with Crippen LogP contribution in [0.25, 0.3) is 0 Å². The van der Waals surface area contributed by atoms with Crippen molar-refractivity contribution in [1.82, 2.24) is 9.62 Å². The van der Waals surface area contributed by atoms with E-state index < -0.39 is 0 Å². The van der Waals surface area contributed by atoms with E-state index in [-0.39, 0.29) is 11.3 Å². The summed E-state index contributed by atoms with van der Waals surface area (Å²) in [6, 6.07) is 5.86. The van der Waals surface area contributed by atoms with Gasteiger partial charge < -0.3 is 5.32 Å². The van der Waals surface area contributed by atoms with Gasteiger partial charge in [0.25, 0.3) is 5.91 Å². The summed E-state index contributed by atoms with van der Waals surface area (Å²) in [5, 5.41) is 3.30. The SMILES string of the molecule is Cc1ccc(C(=O)NC2CCCN(C)S2)cc1C. The van der Waals surface area contributed by atoms with Gasteiger partial charge in [0.15, 0.2) is 0 Å². The summed E-state index contributed by atoms with van der Waals surface area (Å²) < 4.78 is 2.19. The van der Waals surface area contributed by atoms with Crippen LogP contribution >= 0.6 is 11.9 Å². The second-order valence-electron chi connectivity index (χ2n) is 4.86. The van der Waals surface area contributed by atoms with Crippen LogP contribution in [0.1, 0.15) is 34.3 Å². The van der Waals surface area contributed by atoms with E-state index in [2.05, 4.69) is 23.6 Å². The molecule has 1 aliphatic rings. The maximum atomic E-state index is 12.1. The van der Waals surface area contributed by atoms with Crippen molar-refractivity contribution >= 4 is 17.9 Å². The molecule has 1 unspecified atom stereocenters. The molecule has 1 heterocycles. The average molecular weight is 264 g/mol. The molecule has 0 radical (unpaired) electrons. The summed E-state index contributed by atoms with van der Waals surface area (Å²) >= 11 is 1.72. The van der Waals surface area contributed by atoms with Crippen LogP contribution in [0.15, 0.2) is 18.2 Å². The standard InChI is InChI=1S/C14H20N2OS/c1-10-6-7-12(9-11(10)2)14(17)15-13-5-4-8-16(3)18-13/h6-7,9,13H,4-5,8H2,1-3H3,(H,15,17). The van der Waals surface area contributed by atoms with E-state index in [0.717, 1.165) is 30.5 Å². The maximum absolute atomic E-state index is 12.1. The van der Waals surface area contributed by atoms with E-state index in [1.54, 1.807) is 11.9 Å². The van der Waals surface area contributed by atoms with Crippen molar-refractivity contribution in [1.29, 1.82) is 0 Å². The van der Waals surface area contributed by atoms with Crippen molar-refractivity contribution < 1.29 is 4.79 Å². The molecule has 1 atom stereocenters. The second-order valence-corrected chi connectivity index (χ2v) is 6.26. The molecule has 1 aromatic carbocycles. The molecule has 0 aromatic heterocycles. The van der Waals surface area contributed by atoms with Crippen LogP contribution in [0.4, 0.5) is 0 Å². The fraction of sp³-hybridized carbons (Fsp3) is 0.500. The van der Waals surface area contributed by atoms with Crippen LogP contribution in [0.3, 0.4) is 0 Å². The molecule has 1 saturated heterocycles. The quantitative estimate of drug-likeness (QED) is 0.834. The number of carbonyl (C=O) groups excluding carboxylic acids is 1. The molecule has 0 bridgehead atoms. The van der Waals surface area contributed by atoms with Gasteiger partial charge in [-0.25, -0.2) is 0 Å². The molecular weight excluding hydrogens is 244 g/mol. The third kappa shape index (κ3) is 3.27. The Morgan fingerprint density at radius 3 is 2.83 bits per heavy atom. The van der Waals surface area contributed by atoms with E-state index in [1.165, 1.54) is 5.56 Å². The topological polar surface area (TPSA) is 32.3 Å². The number of amides is 1. The molecule has 1 aliphatic heterocycles. The van der Waals surface area contributed by atoms with E-state index in [9.17, 15) is 4.79 Å². The lowest BCUT2D eigenvalue weighted by Gasteiger charge is -2.29. The Labute approximate surface area is 113 Å². The third-order valence-electron chi connectivity index (χ3n) is 3.31. The monoisotopic (exact) mass is 264 g/mol. The Kier molecular flexibility index (Phi) is 4.30. The van der Waals surface area contributed by atoms with Gasteiger partial charge in [-0.15, -0.1) is 0 Å². The number of carbonyl (C=O) groups is 1. The number of rotatable bonds is 2. The first kappa shape index (κ1) is 13.4. The summed E-state index contributed by atoms with van der Waals surface area (Å²) in [5.74, 6) is 0.0332. The Balaban J connectivity index is 2.00. The number of hydrogen-bond donors (Lipinski definition) is 1. The van der Waals surface area contributed by atoms with E-state index in [4.69, 9.17) is 0 Å². The molecule has 1 amide bonds. The first-order valence-electron chi connectivity index (χ1n) is 6.32. The van der Waals surface area contributed by atoms with Gasteiger partial charge in [-0.3, -0.25) is 9.10 Å². The van der Waals surface area contributed by atoms with E-state index in [0.29, 0.717) is 0 Å². The van der Waals surface area contributed by atoms with Crippen molar-refractivity contribution in [3.63, 3.8) is 0 Å². The molecule has 2 rings (SSSR count). The summed E-state index contributed by atoms with van der Waals surface area (Å²) in [6.07, 6.45) is 2.19. The lowest BCUT2D eigenvalue weighted by molar-refractivity contribution is 0.0946. The fourth-order valence-corrected chi connectivity index (χ4v) is 3.13. The Hall–Kier alpha value is -1.00. The summed E-state index contributed by atoms with van der Waals surface area (Å²) in [7, 11) is 2.07.